The predicted octanol–water partition coefficient (Wildman–Crippen LogP) is 7.62. The Morgan fingerprint density at radius 3 is 2.15 bits per heavy atom. The van der Waals surface area contributed by atoms with Gasteiger partial charge in [0.05, 0.1) is 27.0 Å². The SMILES string of the molecule is CC(C)CN(CC(=O)Nc1cc(C(C)(C)C)nn1-c1ccc(Cl)c(Cl)c1)C(=O)Nc1ccc(C(F)(F)F)cc1. The van der Waals surface area contributed by atoms with Crippen molar-refractivity contribution < 1.29 is 22.8 Å². The summed E-state index contributed by atoms with van der Waals surface area (Å²) in [7, 11) is 0. The van der Waals surface area contributed by atoms with Crippen LogP contribution in [-0.2, 0) is 16.4 Å². The lowest BCUT2D eigenvalue weighted by Crippen LogP contribution is -2.42. The van der Waals surface area contributed by atoms with Crippen molar-refractivity contribution in [1.82, 2.24) is 14.7 Å². The topological polar surface area (TPSA) is 79.3 Å². The second-order valence-corrected chi connectivity index (χ2v) is 11.3. The number of urea groups is 1. The molecule has 0 fully saturated rings. The van der Waals surface area contributed by atoms with E-state index in [1.54, 1.807) is 24.3 Å². The number of anilines is 2. The van der Waals surface area contributed by atoms with E-state index in [1.165, 1.54) is 9.58 Å². The van der Waals surface area contributed by atoms with E-state index in [4.69, 9.17) is 23.2 Å². The average molecular weight is 584 g/mol. The third kappa shape index (κ3) is 8.12. The molecular weight excluding hydrogens is 554 g/mol. The summed E-state index contributed by atoms with van der Waals surface area (Å²) in [5.41, 5.74) is 0.311. The van der Waals surface area contributed by atoms with Crippen LogP contribution >= 0.6 is 23.2 Å². The van der Waals surface area contributed by atoms with Crippen LogP contribution < -0.4 is 10.6 Å². The molecule has 7 nitrogen and oxygen atoms in total. The van der Waals surface area contributed by atoms with Gasteiger partial charge >= 0.3 is 12.2 Å². The van der Waals surface area contributed by atoms with Crippen molar-refractivity contribution in [3.05, 3.63) is 69.8 Å². The third-order valence-corrected chi connectivity index (χ3v) is 6.30. The lowest BCUT2D eigenvalue weighted by Gasteiger charge is -2.24. The highest BCUT2D eigenvalue weighted by Gasteiger charge is 2.30. The van der Waals surface area contributed by atoms with Gasteiger partial charge < -0.3 is 15.5 Å². The standard InChI is InChI=1S/C27H30Cl2F3N5O2/c1-16(2)14-36(25(39)33-18-8-6-17(7-9-18)27(30,31)32)15-24(38)34-23-13-22(26(3,4)5)35-37(23)19-10-11-20(28)21(29)12-19/h6-13,16H,14-15H2,1-5H3,(H,33,39)(H,34,38). The molecule has 0 aliphatic rings. The molecule has 3 aromatic rings. The molecule has 0 bridgehead atoms. The average Bonchev–Trinajstić information content (AvgIpc) is 3.24. The highest BCUT2D eigenvalue weighted by atomic mass is 35.5. The molecule has 0 aliphatic heterocycles. The summed E-state index contributed by atoms with van der Waals surface area (Å²) in [6.07, 6.45) is -4.49. The molecule has 0 saturated heterocycles. The molecule has 0 unspecified atom stereocenters. The van der Waals surface area contributed by atoms with Gasteiger partial charge in [0.25, 0.3) is 0 Å². The minimum absolute atomic E-state index is 0.0189. The maximum Gasteiger partial charge on any atom is 0.416 e. The molecule has 12 heteroatoms. The van der Waals surface area contributed by atoms with Gasteiger partial charge in [-0.3, -0.25) is 4.79 Å². The van der Waals surface area contributed by atoms with Gasteiger partial charge in [-0.25, -0.2) is 9.48 Å². The summed E-state index contributed by atoms with van der Waals surface area (Å²) in [5.74, 6) is -0.0961. The van der Waals surface area contributed by atoms with Crippen LogP contribution in [0.3, 0.4) is 0 Å². The fraction of sp³-hybridized carbons (Fsp3) is 0.370. The number of benzene rings is 2. The van der Waals surface area contributed by atoms with Crippen molar-refractivity contribution in [2.75, 3.05) is 23.7 Å². The molecule has 1 heterocycles. The van der Waals surface area contributed by atoms with Gasteiger partial charge in [0.15, 0.2) is 0 Å². The highest BCUT2D eigenvalue weighted by molar-refractivity contribution is 6.42. The van der Waals surface area contributed by atoms with Gasteiger partial charge in [0, 0.05) is 23.7 Å². The number of halogens is 5. The number of carbonyl (C=O) groups excluding carboxylic acids is 2. The molecule has 0 atom stereocenters. The van der Waals surface area contributed by atoms with E-state index < -0.39 is 23.7 Å². The largest absolute Gasteiger partial charge is 0.416 e. The molecule has 3 amide bonds. The number of carbonyl (C=O) groups is 2. The van der Waals surface area contributed by atoms with Crippen LogP contribution in [0.25, 0.3) is 5.69 Å². The van der Waals surface area contributed by atoms with E-state index in [1.807, 2.05) is 34.6 Å². The van der Waals surface area contributed by atoms with Crippen LogP contribution in [0.15, 0.2) is 48.5 Å². The number of aromatic nitrogens is 2. The summed E-state index contributed by atoms with van der Waals surface area (Å²) >= 11 is 12.3. The lowest BCUT2D eigenvalue weighted by molar-refractivity contribution is -0.137. The zero-order valence-electron chi connectivity index (χ0n) is 22.2. The zero-order valence-corrected chi connectivity index (χ0v) is 23.7. The lowest BCUT2D eigenvalue weighted by atomic mass is 9.92. The minimum Gasteiger partial charge on any atom is -0.315 e. The van der Waals surface area contributed by atoms with Crippen molar-refractivity contribution in [2.24, 2.45) is 5.92 Å². The quantitative estimate of drug-likeness (QED) is 0.300. The predicted molar refractivity (Wildman–Crippen MR) is 148 cm³/mol. The van der Waals surface area contributed by atoms with Crippen molar-refractivity contribution in [2.45, 2.75) is 46.2 Å². The molecule has 0 saturated carbocycles. The second-order valence-electron chi connectivity index (χ2n) is 10.5. The van der Waals surface area contributed by atoms with Crippen molar-refractivity contribution in [3.8, 4) is 5.69 Å². The zero-order chi connectivity index (χ0) is 29.1. The van der Waals surface area contributed by atoms with Gasteiger partial charge in [-0.2, -0.15) is 18.3 Å². The minimum atomic E-state index is -4.49. The molecule has 2 aromatic carbocycles. The first kappa shape index (κ1) is 30.3. The van der Waals surface area contributed by atoms with Crippen molar-refractivity contribution in [1.29, 1.82) is 0 Å². The van der Waals surface area contributed by atoms with Crippen LogP contribution in [0.5, 0.6) is 0 Å². The monoisotopic (exact) mass is 583 g/mol. The Labute approximate surface area is 235 Å². The van der Waals surface area contributed by atoms with E-state index in [-0.39, 0.29) is 30.1 Å². The van der Waals surface area contributed by atoms with Crippen LogP contribution in [-0.4, -0.2) is 39.7 Å². The molecule has 210 valence electrons. The molecular formula is C27H30Cl2F3N5O2. The van der Waals surface area contributed by atoms with Crippen molar-refractivity contribution in [3.63, 3.8) is 0 Å². The number of nitrogens with one attached hydrogen (secondary N) is 2. The normalized spacial score (nSPS) is 12.0. The molecule has 39 heavy (non-hydrogen) atoms. The molecule has 2 N–H and O–H groups in total. The Morgan fingerprint density at radius 2 is 1.62 bits per heavy atom. The Hall–Kier alpha value is -3.24. The smallest absolute Gasteiger partial charge is 0.315 e. The van der Waals surface area contributed by atoms with Gasteiger partial charge in [0.1, 0.15) is 12.4 Å². The molecule has 3 rings (SSSR count). The highest BCUT2D eigenvalue weighted by Crippen LogP contribution is 2.31. The fourth-order valence-corrected chi connectivity index (χ4v) is 3.90. The number of alkyl halides is 3. The molecule has 1 aromatic heterocycles. The Kier molecular flexibility index (Phi) is 9.23. The Bertz CT molecular complexity index is 1330. The summed E-state index contributed by atoms with van der Waals surface area (Å²) in [6, 6.07) is 10.2. The summed E-state index contributed by atoms with van der Waals surface area (Å²) in [6.45, 7) is 9.64. The number of hydrogen-bond donors (Lipinski definition) is 2. The second kappa shape index (κ2) is 11.9. The maximum absolute atomic E-state index is 13.1. The van der Waals surface area contributed by atoms with Gasteiger partial charge in [-0.1, -0.05) is 57.8 Å². The summed E-state index contributed by atoms with van der Waals surface area (Å²) in [4.78, 5) is 27.4. The third-order valence-electron chi connectivity index (χ3n) is 5.56. The maximum atomic E-state index is 13.1. The number of rotatable bonds is 7. The van der Waals surface area contributed by atoms with E-state index in [2.05, 4.69) is 15.7 Å². The first-order valence-corrected chi connectivity index (χ1v) is 12.9. The first-order valence-electron chi connectivity index (χ1n) is 12.1. The van der Waals surface area contributed by atoms with Crippen LogP contribution in [0, 0.1) is 5.92 Å². The first-order chi connectivity index (χ1) is 18.0. The van der Waals surface area contributed by atoms with E-state index in [0.717, 1.165) is 24.3 Å². The van der Waals surface area contributed by atoms with E-state index in [9.17, 15) is 22.8 Å². The van der Waals surface area contributed by atoms with Crippen LogP contribution in [0.1, 0.15) is 45.9 Å². The fourth-order valence-electron chi connectivity index (χ4n) is 3.61. The Balaban J connectivity index is 1.81. The summed E-state index contributed by atoms with van der Waals surface area (Å²) in [5, 5.41) is 10.7. The Morgan fingerprint density at radius 1 is 0.974 bits per heavy atom. The van der Waals surface area contributed by atoms with Gasteiger partial charge in [-0.15, -0.1) is 0 Å². The number of nitrogens with zero attached hydrogens (tertiary/aromatic N) is 3. The van der Waals surface area contributed by atoms with Gasteiger partial charge in [-0.05, 0) is 48.4 Å². The molecule has 0 aliphatic carbocycles. The van der Waals surface area contributed by atoms with Crippen LogP contribution in [0.4, 0.5) is 29.5 Å². The van der Waals surface area contributed by atoms with Crippen LogP contribution in [0.2, 0.25) is 10.0 Å². The number of amides is 3. The van der Waals surface area contributed by atoms with Gasteiger partial charge in [0.2, 0.25) is 5.91 Å². The van der Waals surface area contributed by atoms with E-state index in [0.29, 0.717) is 27.2 Å². The molecule has 0 radical (unpaired) electrons. The number of hydrogen-bond acceptors (Lipinski definition) is 3. The van der Waals surface area contributed by atoms with Crippen molar-refractivity contribution >= 4 is 46.6 Å². The molecule has 0 spiro atoms. The van der Waals surface area contributed by atoms with E-state index >= 15 is 0 Å². The summed E-state index contributed by atoms with van der Waals surface area (Å²) < 4.78 is 40.1.